The molecular formula is C13H25N3OS2. The molecule has 1 atom stereocenters. The summed E-state index contributed by atoms with van der Waals surface area (Å²) in [5.74, 6) is 1.20. The Balaban J connectivity index is 2.39. The molecule has 1 aromatic rings. The molecule has 0 aromatic carbocycles. The van der Waals surface area contributed by atoms with E-state index in [1.807, 2.05) is 18.0 Å². The molecule has 1 heterocycles. The van der Waals surface area contributed by atoms with E-state index < -0.39 is 0 Å². The van der Waals surface area contributed by atoms with E-state index in [-0.39, 0.29) is 0 Å². The maximum Gasteiger partial charge on any atom is 0.185 e. The van der Waals surface area contributed by atoms with Crippen LogP contribution in [-0.2, 0) is 11.3 Å². The van der Waals surface area contributed by atoms with E-state index in [1.165, 1.54) is 17.1 Å². The lowest BCUT2D eigenvalue weighted by atomic mass is 10.2. The van der Waals surface area contributed by atoms with E-state index in [9.17, 15) is 0 Å². The highest BCUT2D eigenvalue weighted by molar-refractivity contribution is 7.98. The van der Waals surface area contributed by atoms with Crippen LogP contribution in [0.2, 0.25) is 0 Å². The number of hydrogen-bond acceptors (Lipinski definition) is 6. The van der Waals surface area contributed by atoms with Crippen molar-refractivity contribution in [2.45, 2.75) is 25.9 Å². The molecule has 4 nitrogen and oxygen atoms in total. The molecular weight excluding hydrogens is 278 g/mol. The average molecular weight is 303 g/mol. The van der Waals surface area contributed by atoms with Crippen molar-refractivity contribution in [3.05, 3.63) is 11.1 Å². The largest absolute Gasteiger partial charge is 0.383 e. The fraction of sp³-hybridized carbons (Fsp3) is 0.769. The van der Waals surface area contributed by atoms with Crippen molar-refractivity contribution < 1.29 is 4.74 Å². The molecule has 19 heavy (non-hydrogen) atoms. The van der Waals surface area contributed by atoms with Gasteiger partial charge in [0.1, 0.15) is 0 Å². The van der Waals surface area contributed by atoms with Gasteiger partial charge in [-0.25, -0.2) is 4.98 Å². The number of hydrogen-bond donors (Lipinski definition) is 1. The van der Waals surface area contributed by atoms with Crippen LogP contribution >= 0.6 is 23.1 Å². The first kappa shape index (κ1) is 16.8. The quantitative estimate of drug-likeness (QED) is 0.672. The van der Waals surface area contributed by atoms with Crippen LogP contribution in [0.25, 0.3) is 0 Å². The Hall–Kier alpha value is -0.300. The number of ether oxygens (including phenoxy) is 1. The zero-order valence-electron chi connectivity index (χ0n) is 12.3. The SMILES string of the molecule is COCCNCc1cnc(N(C)C(C)CCSC)s1. The van der Waals surface area contributed by atoms with Gasteiger partial charge in [-0.1, -0.05) is 0 Å². The lowest BCUT2D eigenvalue weighted by Crippen LogP contribution is -2.29. The molecule has 1 aromatic heterocycles. The fourth-order valence-electron chi connectivity index (χ4n) is 1.60. The van der Waals surface area contributed by atoms with Crippen LogP contribution in [0.4, 0.5) is 5.13 Å². The third kappa shape index (κ3) is 6.12. The van der Waals surface area contributed by atoms with Gasteiger partial charge in [0.2, 0.25) is 0 Å². The number of thiazole rings is 1. The Kier molecular flexibility index (Phi) is 8.45. The Morgan fingerprint density at radius 1 is 1.58 bits per heavy atom. The first-order chi connectivity index (χ1) is 9.19. The second kappa shape index (κ2) is 9.58. The Bertz CT molecular complexity index is 346. The van der Waals surface area contributed by atoms with Crippen LogP contribution in [0.5, 0.6) is 0 Å². The summed E-state index contributed by atoms with van der Waals surface area (Å²) in [6.45, 7) is 4.75. The Morgan fingerprint density at radius 2 is 2.37 bits per heavy atom. The molecule has 0 fully saturated rings. The summed E-state index contributed by atoms with van der Waals surface area (Å²) in [4.78, 5) is 8.06. The number of methoxy groups -OCH3 is 1. The topological polar surface area (TPSA) is 37.4 Å². The van der Waals surface area contributed by atoms with E-state index in [1.54, 1.807) is 18.4 Å². The van der Waals surface area contributed by atoms with Crippen LogP contribution in [0, 0.1) is 0 Å². The molecule has 1 rings (SSSR count). The van der Waals surface area contributed by atoms with Crippen molar-refractivity contribution >= 4 is 28.2 Å². The van der Waals surface area contributed by atoms with E-state index in [0.29, 0.717) is 6.04 Å². The molecule has 1 unspecified atom stereocenters. The van der Waals surface area contributed by atoms with Gasteiger partial charge < -0.3 is 15.0 Å². The molecule has 110 valence electrons. The fourth-order valence-corrected chi connectivity index (χ4v) is 3.12. The monoisotopic (exact) mass is 303 g/mol. The molecule has 0 saturated carbocycles. The lowest BCUT2D eigenvalue weighted by molar-refractivity contribution is 0.199. The third-order valence-corrected chi connectivity index (χ3v) is 4.76. The zero-order valence-corrected chi connectivity index (χ0v) is 13.9. The van der Waals surface area contributed by atoms with Crippen molar-refractivity contribution in [3.63, 3.8) is 0 Å². The number of anilines is 1. The van der Waals surface area contributed by atoms with Gasteiger partial charge in [0.25, 0.3) is 0 Å². The first-order valence-electron chi connectivity index (χ1n) is 6.55. The van der Waals surface area contributed by atoms with Gasteiger partial charge in [-0.15, -0.1) is 11.3 Å². The minimum absolute atomic E-state index is 0.535. The van der Waals surface area contributed by atoms with Crippen LogP contribution in [-0.4, -0.2) is 50.3 Å². The molecule has 6 heteroatoms. The predicted octanol–water partition coefficient (Wildman–Crippen LogP) is 2.46. The molecule has 0 aliphatic carbocycles. The standard InChI is InChI=1S/C13H25N3OS2/c1-11(5-8-18-4)16(2)13-15-10-12(19-13)9-14-6-7-17-3/h10-11,14H,5-9H2,1-4H3. The Morgan fingerprint density at radius 3 is 3.05 bits per heavy atom. The smallest absolute Gasteiger partial charge is 0.185 e. The van der Waals surface area contributed by atoms with Crippen molar-refractivity contribution in [3.8, 4) is 0 Å². The zero-order chi connectivity index (χ0) is 14.1. The van der Waals surface area contributed by atoms with Crippen LogP contribution < -0.4 is 10.2 Å². The highest BCUT2D eigenvalue weighted by Crippen LogP contribution is 2.24. The van der Waals surface area contributed by atoms with Gasteiger partial charge in [0.05, 0.1) is 6.61 Å². The number of nitrogens with one attached hydrogen (secondary N) is 1. The number of rotatable bonds is 10. The van der Waals surface area contributed by atoms with Gasteiger partial charge in [-0.3, -0.25) is 0 Å². The van der Waals surface area contributed by atoms with E-state index in [2.05, 4.69) is 35.4 Å². The molecule has 0 bridgehead atoms. The molecule has 0 spiro atoms. The first-order valence-corrected chi connectivity index (χ1v) is 8.76. The molecule has 1 N–H and O–H groups in total. The van der Waals surface area contributed by atoms with Crippen LogP contribution in [0.15, 0.2) is 6.20 Å². The molecule has 0 saturated heterocycles. The third-order valence-electron chi connectivity index (χ3n) is 3.03. The maximum atomic E-state index is 5.01. The summed E-state index contributed by atoms with van der Waals surface area (Å²) in [7, 11) is 3.85. The summed E-state index contributed by atoms with van der Waals surface area (Å²) in [6.07, 6.45) is 5.32. The summed E-state index contributed by atoms with van der Waals surface area (Å²) >= 11 is 3.66. The summed E-state index contributed by atoms with van der Waals surface area (Å²) in [6, 6.07) is 0.535. The highest BCUT2D eigenvalue weighted by Gasteiger charge is 2.13. The van der Waals surface area contributed by atoms with Crippen molar-refractivity contribution in [1.82, 2.24) is 10.3 Å². The van der Waals surface area contributed by atoms with E-state index >= 15 is 0 Å². The second-order valence-electron chi connectivity index (χ2n) is 4.52. The molecule has 0 radical (unpaired) electrons. The van der Waals surface area contributed by atoms with Gasteiger partial charge in [-0.05, 0) is 25.4 Å². The second-order valence-corrected chi connectivity index (χ2v) is 6.60. The summed E-state index contributed by atoms with van der Waals surface area (Å²) < 4.78 is 5.01. The summed E-state index contributed by atoms with van der Waals surface area (Å²) in [5.41, 5.74) is 0. The predicted molar refractivity (Wildman–Crippen MR) is 86.6 cm³/mol. The number of thioether (sulfide) groups is 1. The number of nitrogens with zero attached hydrogens (tertiary/aromatic N) is 2. The molecule has 0 amide bonds. The average Bonchev–Trinajstić information content (AvgIpc) is 2.89. The van der Waals surface area contributed by atoms with Gasteiger partial charge >= 0.3 is 0 Å². The minimum atomic E-state index is 0.535. The normalized spacial score (nSPS) is 12.6. The maximum absolute atomic E-state index is 5.01. The van der Waals surface area contributed by atoms with E-state index in [0.717, 1.165) is 24.8 Å². The van der Waals surface area contributed by atoms with Crippen LogP contribution in [0.3, 0.4) is 0 Å². The van der Waals surface area contributed by atoms with Crippen molar-refractivity contribution in [1.29, 1.82) is 0 Å². The molecule has 0 aliphatic heterocycles. The van der Waals surface area contributed by atoms with Crippen molar-refractivity contribution in [2.24, 2.45) is 0 Å². The number of aromatic nitrogens is 1. The summed E-state index contributed by atoms with van der Waals surface area (Å²) in [5, 5.41) is 4.45. The van der Waals surface area contributed by atoms with E-state index in [4.69, 9.17) is 4.74 Å². The van der Waals surface area contributed by atoms with Crippen molar-refractivity contribution in [2.75, 3.05) is 44.2 Å². The van der Waals surface area contributed by atoms with Gasteiger partial charge in [0, 0.05) is 44.4 Å². The lowest BCUT2D eigenvalue weighted by Gasteiger charge is -2.23. The minimum Gasteiger partial charge on any atom is -0.383 e. The molecule has 0 aliphatic rings. The Labute approximate surface area is 124 Å². The highest BCUT2D eigenvalue weighted by atomic mass is 32.2. The van der Waals surface area contributed by atoms with Crippen LogP contribution in [0.1, 0.15) is 18.2 Å². The van der Waals surface area contributed by atoms with Gasteiger partial charge in [-0.2, -0.15) is 11.8 Å². The van der Waals surface area contributed by atoms with Gasteiger partial charge in [0.15, 0.2) is 5.13 Å².